The molecular formula is C13H16N4. The zero-order chi connectivity index (χ0) is 12.4. The first-order valence-electron chi connectivity index (χ1n) is 5.57. The molecular weight excluding hydrogens is 212 g/mol. The molecule has 0 aliphatic rings. The molecule has 0 aliphatic carbocycles. The number of aromatic nitrogens is 3. The van der Waals surface area contributed by atoms with Gasteiger partial charge in [0.25, 0.3) is 0 Å². The third-order valence-electron chi connectivity index (χ3n) is 3.04. The van der Waals surface area contributed by atoms with E-state index in [0.717, 1.165) is 33.8 Å². The van der Waals surface area contributed by atoms with E-state index in [9.17, 15) is 0 Å². The number of anilines is 1. The molecule has 4 heteroatoms. The number of aryl methyl sites for hydroxylation is 1. The highest BCUT2D eigenvalue weighted by Crippen LogP contribution is 2.27. The topological polar surface area (TPSA) is 50.7 Å². The molecule has 0 fully saturated rings. The predicted octanol–water partition coefficient (Wildman–Crippen LogP) is 2.51. The van der Waals surface area contributed by atoms with E-state index in [2.05, 4.69) is 34.3 Å². The molecule has 88 valence electrons. The van der Waals surface area contributed by atoms with Gasteiger partial charge in [0, 0.05) is 25.0 Å². The van der Waals surface area contributed by atoms with E-state index in [1.54, 1.807) is 6.20 Å². The van der Waals surface area contributed by atoms with E-state index in [1.807, 2.05) is 26.2 Å². The number of hydrogen-bond donors (Lipinski definition) is 1. The van der Waals surface area contributed by atoms with Crippen molar-refractivity contribution in [2.24, 2.45) is 0 Å². The molecule has 0 bridgehead atoms. The van der Waals surface area contributed by atoms with Gasteiger partial charge in [-0.2, -0.15) is 0 Å². The van der Waals surface area contributed by atoms with Crippen LogP contribution in [0, 0.1) is 20.8 Å². The van der Waals surface area contributed by atoms with E-state index in [4.69, 9.17) is 0 Å². The maximum atomic E-state index is 4.30. The van der Waals surface area contributed by atoms with E-state index in [1.165, 1.54) is 0 Å². The Morgan fingerprint density at radius 2 is 1.82 bits per heavy atom. The Bertz CT molecular complexity index is 549. The Morgan fingerprint density at radius 3 is 2.47 bits per heavy atom. The van der Waals surface area contributed by atoms with Gasteiger partial charge in [-0.15, -0.1) is 10.2 Å². The second-order valence-corrected chi connectivity index (χ2v) is 4.09. The van der Waals surface area contributed by atoms with Crippen LogP contribution in [0.3, 0.4) is 0 Å². The third-order valence-corrected chi connectivity index (χ3v) is 3.04. The molecule has 0 unspecified atom stereocenters. The molecule has 0 atom stereocenters. The molecule has 17 heavy (non-hydrogen) atoms. The molecule has 0 aliphatic heterocycles. The lowest BCUT2D eigenvalue weighted by Crippen LogP contribution is -2.03. The van der Waals surface area contributed by atoms with E-state index < -0.39 is 0 Å². The lowest BCUT2D eigenvalue weighted by molar-refractivity contribution is 1.00. The van der Waals surface area contributed by atoms with Gasteiger partial charge >= 0.3 is 0 Å². The Labute approximate surface area is 101 Å². The number of rotatable bonds is 2. The summed E-state index contributed by atoms with van der Waals surface area (Å²) in [6.45, 7) is 6.15. The summed E-state index contributed by atoms with van der Waals surface area (Å²) in [5.74, 6) is 0.831. The molecule has 0 saturated heterocycles. The van der Waals surface area contributed by atoms with Gasteiger partial charge in [0.2, 0.25) is 0 Å². The molecule has 4 nitrogen and oxygen atoms in total. The van der Waals surface area contributed by atoms with Crippen LogP contribution in [0.1, 0.15) is 16.7 Å². The number of hydrogen-bond acceptors (Lipinski definition) is 4. The lowest BCUT2D eigenvalue weighted by Gasteiger charge is -2.11. The van der Waals surface area contributed by atoms with Crippen LogP contribution in [-0.2, 0) is 0 Å². The van der Waals surface area contributed by atoms with Crippen molar-refractivity contribution in [3.63, 3.8) is 0 Å². The second kappa shape index (κ2) is 4.49. The molecule has 1 N–H and O–H groups in total. The Kier molecular flexibility index (Phi) is 3.04. The lowest BCUT2D eigenvalue weighted by atomic mass is 10.0. The summed E-state index contributed by atoms with van der Waals surface area (Å²) >= 11 is 0. The maximum Gasteiger partial charge on any atom is 0.151 e. The average molecular weight is 228 g/mol. The SMILES string of the molecule is CNc1nnc(-c2ccncc2C)c(C)c1C. The number of pyridine rings is 1. The number of nitrogens with zero attached hydrogens (tertiary/aromatic N) is 3. The molecule has 0 amide bonds. The van der Waals surface area contributed by atoms with Crippen LogP contribution in [-0.4, -0.2) is 22.2 Å². The molecule has 2 heterocycles. The summed E-state index contributed by atoms with van der Waals surface area (Å²) in [5.41, 5.74) is 5.42. The first-order chi connectivity index (χ1) is 8.15. The Balaban J connectivity index is 2.62. The third kappa shape index (κ3) is 1.98. The van der Waals surface area contributed by atoms with Crippen LogP contribution in [0.2, 0.25) is 0 Å². The van der Waals surface area contributed by atoms with E-state index in [-0.39, 0.29) is 0 Å². The quantitative estimate of drug-likeness (QED) is 0.858. The zero-order valence-corrected chi connectivity index (χ0v) is 10.6. The van der Waals surface area contributed by atoms with Gasteiger partial charge in [-0.05, 0) is 43.5 Å². The van der Waals surface area contributed by atoms with E-state index >= 15 is 0 Å². The fourth-order valence-corrected chi connectivity index (χ4v) is 1.84. The first-order valence-corrected chi connectivity index (χ1v) is 5.57. The van der Waals surface area contributed by atoms with Gasteiger partial charge in [0.05, 0.1) is 5.69 Å². The molecule has 2 aromatic heterocycles. The van der Waals surface area contributed by atoms with Crippen LogP contribution >= 0.6 is 0 Å². The molecule has 2 rings (SSSR count). The van der Waals surface area contributed by atoms with Crippen molar-refractivity contribution in [2.45, 2.75) is 20.8 Å². The minimum Gasteiger partial charge on any atom is -0.371 e. The van der Waals surface area contributed by atoms with Crippen molar-refractivity contribution in [1.29, 1.82) is 0 Å². The van der Waals surface area contributed by atoms with Gasteiger partial charge in [-0.25, -0.2) is 0 Å². The molecule has 2 aromatic rings. The van der Waals surface area contributed by atoms with E-state index in [0.29, 0.717) is 0 Å². The summed E-state index contributed by atoms with van der Waals surface area (Å²) in [6.07, 6.45) is 3.63. The summed E-state index contributed by atoms with van der Waals surface area (Å²) in [4.78, 5) is 4.10. The summed E-state index contributed by atoms with van der Waals surface area (Å²) in [6, 6.07) is 1.98. The van der Waals surface area contributed by atoms with Crippen LogP contribution in [0.25, 0.3) is 11.3 Å². The minimum atomic E-state index is 0.831. The molecule has 0 aromatic carbocycles. The summed E-state index contributed by atoms with van der Waals surface area (Å²) < 4.78 is 0. The van der Waals surface area contributed by atoms with Crippen LogP contribution in [0.15, 0.2) is 18.5 Å². The van der Waals surface area contributed by atoms with Crippen molar-refractivity contribution in [3.05, 3.63) is 35.2 Å². The monoisotopic (exact) mass is 228 g/mol. The molecule has 0 radical (unpaired) electrons. The summed E-state index contributed by atoms with van der Waals surface area (Å²) in [5, 5.41) is 11.5. The maximum absolute atomic E-state index is 4.30. The highest BCUT2D eigenvalue weighted by Gasteiger charge is 2.11. The largest absolute Gasteiger partial charge is 0.371 e. The predicted molar refractivity (Wildman–Crippen MR) is 69.0 cm³/mol. The second-order valence-electron chi connectivity index (χ2n) is 4.09. The standard InChI is InChI=1S/C13H16N4/c1-8-7-15-6-5-11(8)12-9(2)10(3)13(14-4)17-16-12/h5-7H,1-4H3,(H,14,17). The van der Waals surface area contributed by atoms with Gasteiger partial charge in [-0.3, -0.25) is 4.98 Å². The average Bonchev–Trinajstić information content (AvgIpc) is 2.34. The van der Waals surface area contributed by atoms with Crippen molar-refractivity contribution in [2.75, 3.05) is 12.4 Å². The van der Waals surface area contributed by atoms with Gasteiger partial charge in [-0.1, -0.05) is 0 Å². The fourth-order valence-electron chi connectivity index (χ4n) is 1.84. The smallest absolute Gasteiger partial charge is 0.151 e. The summed E-state index contributed by atoms with van der Waals surface area (Å²) in [7, 11) is 1.85. The van der Waals surface area contributed by atoms with Crippen molar-refractivity contribution < 1.29 is 0 Å². The highest BCUT2D eigenvalue weighted by molar-refractivity contribution is 5.68. The first kappa shape index (κ1) is 11.5. The van der Waals surface area contributed by atoms with Gasteiger partial charge in [0.1, 0.15) is 0 Å². The Morgan fingerprint density at radius 1 is 1.06 bits per heavy atom. The zero-order valence-electron chi connectivity index (χ0n) is 10.6. The van der Waals surface area contributed by atoms with Crippen LogP contribution in [0.5, 0.6) is 0 Å². The molecule has 0 saturated carbocycles. The van der Waals surface area contributed by atoms with Crippen LogP contribution < -0.4 is 5.32 Å². The van der Waals surface area contributed by atoms with Crippen molar-refractivity contribution in [3.8, 4) is 11.3 Å². The fraction of sp³-hybridized carbons (Fsp3) is 0.308. The van der Waals surface area contributed by atoms with Gasteiger partial charge in [0.15, 0.2) is 5.82 Å². The normalized spacial score (nSPS) is 10.4. The molecule has 0 spiro atoms. The number of nitrogens with one attached hydrogen (secondary N) is 1. The van der Waals surface area contributed by atoms with Crippen molar-refractivity contribution >= 4 is 5.82 Å². The van der Waals surface area contributed by atoms with Crippen LogP contribution in [0.4, 0.5) is 5.82 Å². The van der Waals surface area contributed by atoms with Crippen molar-refractivity contribution in [1.82, 2.24) is 15.2 Å². The highest BCUT2D eigenvalue weighted by atomic mass is 15.2. The Hall–Kier alpha value is -1.97. The van der Waals surface area contributed by atoms with Gasteiger partial charge < -0.3 is 5.32 Å². The minimum absolute atomic E-state index is 0.831.